The van der Waals surface area contributed by atoms with Crippen LogP contribution in [0.3, 0.4) is 0 Å². The smallest absolute Gasteiger partial charge is 0.164 e. The van der Waals surface area contributed by atoms with Gasteiger partial charge in [-0.3, -0.25) is 0 Å². The third-order valence-corrected chi connectivity index (χ3v) is 7.15. The summed E-state index contributed by atoms with van der Waals surface area (Å²) in [6, 6.07) is 5.17. The molecule has 1 saturated carbocycles. The first kappa shape index (κ1) is 15.3. The lowest BCUT2D eigenvalue weighted by molar-refractivity contribution is -0.927. The molecule has 1 heterocycles. The summed E-state index contributed by atoms with van der Waals surface area (Å²) in [5.74, 6) is 2.72. The Labute approximate surface area is 140 Å². The zero-order valence-corrected chi connectivity index (χ0v) is 15.0. The van der Waals surface area contributed by atoms with Crippen molar-refractivity contribution in [3.63, 3.8) is 0 Å². The normalized spacial score (nSPS) is 34.3. The first-order valence-electron chi connectivity index (χ1n) is 9.10. The van der Waals surface area contributed by atoms with Crippen molar-refractivity contribution in [2.24, 2.45) is 5.92 Å². The lowest BCUT2D eigenvalue weighted by atomic mass is 9.51. The minimum absolute atomic E-state index is 0.324. The van der Waals surface area contributed by atoms with Gasteiger partial charge in [0.15, 0.2) is 11.5 Å². The van der Waals surface area contributed by atoms with Crippen LogP contribution >= 0.6 is 0 Å². The van der Waals surface area contributed by atoms with Crippen LogP contribution in [0.4, 0.5) is 0 Å². The number of nitrogens with zero attached hydrogens (tertiary/aromatic N) is 1. The fourth-order valence-corrected chi connectivity index (χ4v) is 6.01. The maximum Gasteiger partial charge on any atom is 0.164 e. The van der Waals surface area contributed by atoms with E-state index in [9.17, 15) is 0 Å². The second-order valence-corrected chi connectivity index (χ2v) is 8.37. The minimum Gasteiger partial charge on any atom is -0.493 e. The molecular weight excluding hydrogens is 286 g/mol. The molecule has 3 heteroatoms. The Kier molecular flexibility index (Phi) is 3.42. The van der Waals surface area contributed by atoms with Gasteiger partial charge in [-0.05, 0) is 24.5 Å². The van der Waals surface area contributed by atoms with E-state index in [-0.39, 0.29) is 0 Å². The van der Waals surface area contributed by atoms with Gasteiger partial charge in [0.1, 0.15) is 0 Å². The molecule has 3 nitrogen and oxygen atoms in total. The topological polar surface area (TPSA) is 18.5 Å². The third-order valence-electron chi connectivity index (χ3n) is 7.15. The lowest BCUT2D eigenvalue weighted by Crippen LogP contribution is -2.66. The Morgan fingerprint density at radius 1 is 1.09 bits per heavy atom. The number of fused-ring (bicyclic) bond motifs is 1. The van der Waals surface area contributed by atoms with Crippen LogP contribution in [-0.4, -0.2) is 45.4 Å². The first-order chi connectivity index (χ1) is 11.0. The van der Waals surface area contributed by atoms with Crippen LogP contribution in [0.15, 0.2) is 12.1 Å². The average molecular weight is 316 g/mol. The standard InChI is InChI=1S/C20H30NO2/c1-21(2)12-11-20-10-6-5-7-15(20)16(21)13-14-8-9-17(22-3)19(23-4)18(14)20/h8-9,15-16H,5-7,10-13H2,1-4H3/q+1/t15-,16+,20-/m1/s1. The number of piperidine rings is 1. The second-order valence-electron chi connectivity index (χ2n) is 8.37. The van der Waals surface area contributed by atoms with Crippen molar-refractivity contribution in [3.05, 3.63) is 23.3 Å². The predicted molar refractivity (Wildman–Crippen MR) is 92.3 cm³/mol. The molecule has 0 N–H and O–H groups in total. The van der Waals surface area contributed by atoms with Crippen LogP contribution in [0.25, 0.3) is 0 Å². The Hall–Kier alpha value is -1.22. The molecule has 1 aromatic rings. The summed E-state index contributed by atoms with van der Waals surface area (Å²) in [6.07, 6.45) is 7.94. The van der Waals surface area contributed by atoms with Gasteiger partial charge < -0.3 is 14.0 Å². The molecule has 2 aliphatic carbocycles. The highest BCUT2D eigenvalue weighted by molar-refractivity contribution is 5.57. The third kappa shape index (κ3) is 1.98. The summed E-state index contributed by atoms with van der Waals surface area (Å²) in [7, 11) is 8.44. The van der Waals surface area contributed by atoms with Gasteiger partial charge in [0.2, 0.25) is 0 Å². The van der Waals surface area contributed by atoms with Crippen LogP contribution in [0.2, 0.25) is 0 Å². The highest BCUT2D eigenvalue weighted by Crippen LogP contribution is 2.60. The number of ether oxygens (including phenoxy) is 2. The zero-order valence-electron chi connectivity index (χ0n) is 15.0. The Bertz CT molecular complexity index is 624. The summed E-state index contributed by atoms with van der Waals surface area (Å²) in [4.78, 5) is 0. The first-order valence-corrected chi connectivity index (χ1v) is 9.10. The molecule has 3 aliphatic rings. The van der Waals surface area contributed by atoms with Crippen molar-refractivity contribution in [2.75, 3.05) is 34.9 Å². The fraction of sp³-hybridized carbons (Fsp3) is 0.700. The number of quaternary nitrogens is 1. The number of hydrogen-bond donors (Lipinski definition) is 0. The number of benzene rings is 1. The summed E-state index contributed by atoms with van der Waals surface area (Å²) >= 11 is 0. The number of hydrogen-bond acceptors (Lipinski definition) is 2. The van der Waals surface area contributed by atoms with E-state index in [1.807, 2.05) is 7.11 Å². The molecular formula is C20H30NO2+. The van der Waals surface area contributed by atoms with Gasteiger partial charge in [-0.15, -0.1) is 0 Å². The highest BCUT2D eigenvalue weighted by Gasteiger charge is 2.59. The van der Waals surface area contributed by atoms with E-state index in [0.717, 1.165) is 23.5 Å². The summed E-state index contributed by atoms with van der Waals surface area (Å²) in [5.41, 5.74) is 3.33. The highest BCUT2D eigenvalue weighted by atomic mass is 16.5. The van der Waals surface area contributed by atoms with Crippen molar-refractivity contribution in [1.82, 2.24) is 0 Å². The van der Waals surface area contributed by atoms with E-state index in [1.54, 1.807) is 7.11 Å². The van der Waals surface area contributed by atoms with Crippen LogP contribution in [0.1, 0.15) is 43.2 Å². The van der Waals surface area contributed by atoms with Gasteiger partial charge in [0, 0.05) is 29.7 Å². The Balaban J connectivity index is 1.95. The average Bonchev–Trinajstić information content (AvgIpc) is 2.57. The zero-order chi connectivity index (χ0) is 16.2. The lowest BCUT2D eigenvalue weighted by Gasteiger charge is -2.60. The van der Waals surface area contributed by atoms with E-state index in [4.69, 9.17) is 9.47 Å². The number of likely N-dealkylation sites (tertiary alicyclic amines) is 1. The predicted octanol–water partition coefficient (Wildman–Crippen LogP) is 3.54. The van der Waals surface area contributed by atoms with Gasteiger partial charge in [-0.2, -0.15) is 0 Å². The van der Waals surface area contributed by atoms with Crippen molar-refractivity contribution < 1.29 is 14.0 Å². The SMILES string of the molecule is COc1ccc2c(c1OC)[C@@]13CCCC[C@@H]1[C@H](C2)[N+](C)(C)CC3. The molecule has 4 rings (SSSR count). The van der Waals surface area contributed by atoms with E-state index in [0.29, 0.717) is 5.41 Å². The molecule has 2 fully saturated rings. The number of methoxy groups -OCH3 is 2. The van der Waals surface area contributed by atoms with Gasteiger partial charge >= 0.3 is 0 Å². The molecule has 23 heavy (non-hydrogen) atoms. The molecule has 0 radical (unpaired) electrons. The van der Waals surface area contributed by atoms with Crippen LogP contribution < -0.4 is 9.47 Å². The summed E-state index contributed by atoms with van der Waals surface area (Å²) in [5, 5.41) is 0. The van der Waals surface area contributed by atoms with Gasteiger partial charge in [-0.1, -0.05) is 18.9 Å². The van der Waals surface area contributed by atoms with Crippen molar-refractivity contribution in [1.29, 1.82) is 0 Å². The van der Waals surface area contributed by atoms with Gasteiger partial charge in [0.25, 0.3) is 0 Å². The molecule has 1 saturated heterocycles. The minimum atomic E-state index is 0.324. The molecule has 0 amide bonds. The Morgan fingerprint density at radius 3 is 2.65 bits per heavy atom. The van der Waals surface area contributed by atoms with Crippen molar-refractivity contribution >= 4 is 0 Å². The maximum absolute atomic E-state index is 5.89. The monoisotopic (exact) mass is 316 g/mol. The maximum atomic E-state index is 5.89. The molecule has 2 bridgehead atoms. The van der Waals surface area contributed by atoms with Crippen molar-refractivity contribution in [2.45, 2.75) is 50.0 Å². The second kappa shape index (κ2) is 5.14. The van der Waals surface area contributed by atoms with E-state index in [2.05, 4.69) is 26.2 Å². The fourth-order valence-electron chi connectivity index (χ4n) is 6.01. The number of rotatable bonds is 2. The molecule has 1 aromatic carbocycles. The van der Waals surface area contributed by atoms with Crippen LogP contribution in [-0.2, 0) is 11.8 Å². The van der Waals surface area contributed by atoms with Crippen LogP contribution in [0, 0.1) is 5.92 Å². The molecule has 126 valence electrons. The van der Waals surface area contributed by atoms with Crippen molar-refractivity contribution in [3.8, 4) is 11.5 Å². The molecule has 3 atom stereocenters. The molecule has 0 unspecified atom stereocenters. The molecule has 1 aliphatic heterocycles. The quantitative estimate of drug-likeness (QED) is 0.777. The molecule has 0 spiro atoms. The van der Waals surface area contributed by atoms with E-state index < -0.39 is 0 Å². The largest absolute Gasteiger partial charge is 0.493 e. The summed E-state index contributed by atoms with van der Waals surface area (Å²) in [6.45, 7) is 1.28. The Morgan fingerprint density at radius 2 is 1.91 bits per heavy atom. The van der Waals surface area contributed by atoms with Crippen LogP contribution in [0.5, 0.6) is 11.5 Å². The molecule has 0 aromatic heterocycles. The van der Waals surface area contributed by atoms with E-state index in [1.165, 1.54) is 60.7 Å². The van der Waals surface area contributed by atoms with E-state index >= 15 is 0 Å². The number of likely N-dealkylation sites (N-methyl/N-ethyl adjacent to an activating group) is 1. The van der Waals surface area contributed by atoms with Gasteiger partial charge in [-0.25, -0.2) is 0 Å². The summed E-state index contributed by atoms with van der Waals surface area (Å²) < 4.78 is 12.7. The van der Waals surface area contributed by atoms with Gasteiger partial charge in [0.05, 0.1) is 40.9 Å².